The third kappa shape index (κ3) is 6.76. The third-order valence-corrected chi connectivity index (χ3v) is 8.26. The van der Waals surface area contributed by atoms with Crippen molar-refractivity contribution in [3.63, 3.8) is 0 Å². The topological polar surface area (TPSA) is 91.8 Å². The maximum Gasteiger partial charge on any atom is 0.305 e. The summed E-state index contributed by atoms with van der Waals surface area (Å²) in [6.45, 7) is 1.40. The van der Waals surface area contributed by atoms with E-state index in [1.54, 1.807) is 23.5 Å². The molecule has 1 aliphatic heterocycles. The molecular formula is C35H31N3O4S. The number of carboxylic acid groups (broad SMARTS) is 1. The number of rotatable bonds is 10. The Bertz CT molecular complexity index is 1720. The summed E-state index contributed by atoms with van der Waals surface area (Å²) in [5, 5.41) is 14.4. The molecule has 0 atom stereocenters. The van der Waals surface area contributed by atoms with E-state index in [1.807, 2.05) is 30.3 Å². The molecule has 8 heteroatoms. The van der Waals surface area contributed by atoms with Crippen LogP contribution in [-0.2, 0) is 17.8 Å². The first-order valence-corrected chi connectivity index (χ1v) is 15.1. The van der Waals surface area contributed by atoms with Crippen LogP contribution in [0, 0.1) is 0 Å². The fourth-order valence-electron chi connectivity index (χ4n) is 5.08. The second-order valence-corrected chi connectivity index (χ2v) is 11.2. The molecule has 7 nitrogen and oxygen atoms in total. The number of hydrogen-bond donors (Lipinski definition) is 2. The van der Waals surface area contributed by atoms with Crippen molar-refractivity contribution in [3.05, 3.63) is 119 Å². The van der Waals surface area contributed by atoms with Gasteiger partial charge in [0.25, 0.3) is 5.91 Å². The lowest BCUT2D eigenvalue weighted by atomic mass is 10.0. The van der Waals surface area contributed by atoms with Gasteiger partial charge in [0.2, 0.25) is 0 Å². The minimum atomic E-state index is -0.950. The zero-order valence-corrected chi connectivity index (χ0v) is 24.3. The number of aliphatic carboxylic acids is 1. The quantitative estimate of drug-likeness (QED) is 0.177. The highest BCUT2D eigenvalue weighted by molar-refractivity contribution is 7.14. The first-order valence-electron chi connectivity index (χ1n) is 14.3. The van der Waals surface area contributed by atoms with Gasteiger partial charge in [-0.25, -0.2) is 4.98 Å². The van der Waals surface area contributed by atoms with Crippen molar-refractivity contribution in [2.45, 2.75) is 25.8 Å². The smallest absolute Gasteiger partial charge is 0.305 e. The Labute approximate surface area is 254 Å². The number of anilines is 2. The number of aryl methyl sites for hydroxylation is 1. The van der Waals surface area contributed by atoms with Gasteiger partial charge in [0.15, 0.2) is 5.13 Å². The van der Waals surface area contributed by atoms with Gasteiger partial charge >= 0.3 is 5.97 Å². The van der Waals surface area contributed by atoms with Crippen LogP contribution in [0.3, 0.4) is 0 Å². The van der Waals surface area contributed by atoms with E-state index in [1.165, 1.54) is 11.1 Å². The van der Waals surface area contributed by atoms with E-state index in [4.69, 9.17) is 14.8 Å². The monoisotopic (exact) mass is 589 g/mol. The summed E-state index contributed by atoms with van der Waals surface area (Å²) in [4.78, 5) is 30.5. The first kappa shape index (κ1) is 28.2. The number of amides is 1. The lowest BCUT2D eigenvalue weighted by Gasteiger charge is -2.23. The van der Waals surface area contributed by atoms with Crippen molar-refractivity contribution >= 4 is 34.0 Å². The van der Waals surface area contributed by atoms with Crippen LogP contribution in [0.25, 0.3) is 22.4 Å². The van der Waals surface area contributed by atoms with E-state index < -0.39 is 5.97 Å². The molecular weight excluding hydrogens is 558 g/mol. The molecule has 0 radical (unpaired) electrons. The summed E-state index contributed by atoms with van der Waals surface area (Å²) < 4.78 is 5.90. The van der Waals surface area contributed by atoms with E-state index in [0.717, 1.165) is 58.4 Å². The molecule has 1 amide bonds. The fraction of sp³-hybridized carbons (Fsp3) is 0.171. The van der Waals surface area contributed by atoms with E-state index >= 15 is 0 Å². The van der Waals surface area contributed by atoms with Crippen LogP contribution in [0.2, 0.25) is 0 Å². The standard InChI is InChI=1S/C35H31N3O4S/c39-33(40)18-19-36-34(41)28-14-16-30(17-15-28)38(22-24-8-10-26(11-9-24)25-5-2-1-3-6-25)35-37-31(23-43-35)29-13-12-27-7-4-20-42-32(27)21-29/h1-3,5-6,8-17,21,23H,4,7,18-20,22H2,(H,36,41)(H,39,40). The summed E-state index contributed by atoms with van der Waals surface area (Å²) in [5.74, 6) is -0.318. The van der Waals surface area contributed by atoms with Gasteiger partial charge in [-0.3, -0.25) is 9.59 Å². The van der Waals surface area contributed by atoms with Crippen LogP contribution in [0.5, 0.6) is 5.75 Å². The Morgan fingerprint density at radius 2 is 1.65 bits per heavy atom. The molecule has 216 valence electrons. The molecule has 43 heavy (non-hydrogen) atoms. The molecule has 0 unspecified atom stereocenters. The van der Waals surface area contributed by atoms with Gasteiger partial charge in [0.1, 0.15) is 5.75 Å². The highest BCUT2D eigenvalue weighted by Gasteiger charge is 2.18. The van der Waals surface area contributed by atoms with Crippen molar-refractivity contribution in [2.24, 2.45) is 0 Å². The predicted molar refractivity (Wildman–Crippen MR) is 170 cm³/mol. The fourth-order valence-corrected chi connectivity index (χ4v) is 5.94. The lowest BCUT2D eigenvalue weighted by molar-refractivity contribution is -0.136. The van der Waals surface area contributed by atoms with Gasteiger partial charge < -0.3 is 20.1 Å². The van der Waals surface area contributed by atoms with Crippen molar-refractivity contribution in [1.82, 2.24) is 10.3 Å². The third-order valence-electron chi connectivity index (χ3n) is 7.40. The average Bonchev–Trinajstić information content (AvgIpc) is 3.54. The number of ether oxygens (including phenoxy) is 1. The summed E-state index contributed by atoms with van der Waals surface area (Å²) in [7, 11) is 0. The van der Waals surface area contributed by atoms with Gasteiger partial charge in [-0.05, 0) is 65.4 Å². The summed E-state index contributed by atoms with van der Waals surface area (Å²) in [6.07, 6.45) is 1.95. The predicted octanol–water partition coefficient (Wildman–Crippen LogP) is 7.34. The van der Waals surface area contributed by atoms with Crippen LogP contribution in [-0.4, -0.2) is 35.1 Å². The molecule has 2 N–H and O–H groups in total. The Morgan fingerprint density at radius 1 is 0.907 bits per heavy atom. The molecule has 4 aromatic carbocycles. The Balaban J connectivity index is 1.27. The minimum Gasteiger partial charge on any atom is -0.493 e. The van der Waals surface area contributed by atoms with Crippen LogP contribution in [0.15, 0.2) is 102 Å². The van der Waals surface area contributed by atoms with Gasteiger partial charge in [0.05, 0.1) is 25.3 Å². The molecule has 1 aliphatic rings. The average molecular weight is 590 g/mol. The molecule has 0 fully saturated rings. The van der Waals surface area contributed by atoms with E-state index in [9.17, 15) is 9.59 Å². The zero-order chi connectivity index (χ0) is 29.6. The number of carbonyl (C=O) groups excluding carboxylic acids is 1. The number of carboxylic acids is 1. The molecule has 0 saturated carbocycles. The summed E-state index contributed by atoms with van der Waals surface area (Å²) in [6, 6.07) is 32.5. The van der Waals surface area contributed by atoms with Gasteiger partial charge in [-0.15, -0.1) is 11.3 Å². The van der Waals surface area contributed by atoms with Gasteiger partial charge in [0, 0.05) is 28.7 Å². The highest BCUT2D eigenvalue weighted by atomic mass is 32.1. The Morgan fingerprint density at radius 3 is 2.42 bits per heavy atom. The van der Waals surface area contributed by atoms with Crippen LogP contribution < -0.4 is 15.0 Å². The SMILES string of the molecule is O=C(O)CCNC(=O)c1ccc(N(Cc2ccc(-c3ccccc3)cc2)c2nc(-c3ccc4c(c3)OCCC4)cs2)cc1. The number of carbonyl (C=O) groups is 2. The van der Waals surface area contributed by atoms with Gasteiger partial charge in [-0.1, -0.05) is 66.7 Å². The number of hydrogen-bond acceptors (Lipinski definition) is 6. The molecule has 0 spiro atoms. The maximum absolute atomic E-state index is 12.5. The zero-order valence-electron chi connectivity index (χ0n) is 23.5. The molecule has 0 bridgehead atoms. The largest absolute Gasteiger partial charge is 0.493 e. The molecule has 1 aromatic heterocycles. The number of thiazole rings is 1. The molecule has 6 rings (SSSR count). The molecule has 0 aliphatic carbocycles. The second-order valence-electron chi connectivity index (χ2n) is 10.4. The first-order chi connectivity index (χ1) is 21.0. The molecule has 5 aromatic rings. The van der Waals surface area contributed by atoms with Crippen molar-refractivity contribution in [1.29, 1.82) is 0 Å². The molecule has 2 heterocycles. The number of benzene rings is 4. The van der Waals surface area contributed by atoms with Crippen molar-refractivity contribution < 1.29 is 19.4 Å². The second kappa shape index (κ2) is 12.9. The van der Waals surface area contributed by atoms with E-state index in [2.05, 4.69) is 70.2 Å². The number of nitrogens with zero attached hydrogens (tertiary/aromatic N) is 2. The summed E-state index contributed by atoms with van der Waals surface area (Å²) >= 11 is 1.57. The lowest BCUT2D eigenvalue weighted by Crippen LogP contribution is -2.26. The number of fused-ring (bicyclic) bond motifs is 1. The Kier molecular flexibility index (Phi) is 8.47. The summed E-state index contributed by atoms with van der Waals surface area (Å²) in [5.41, 5.74) is 7.94. The minimum absolute atomic E-state index is 0.0800. The van der Waals surface area contributed by atoms with Gasteiger partial charge in [-0.2, -0.15) is 0 Å². The van der Waals surface area contributed by atoms with Crippen LogP contribution >= 0.6 is 11.3 Å². The highest BCUT2D eigenvalue weighted by Crippen LogP contribution is 2.36. The van der Waals surface area contributed by atoms with E-state index in [0.29, 0.717) is 12.1 Å². The normalized spacial score (nSPS) is 12.2. The molecule has 0 saturated heterocycles. The number of aromatic nitrogens is 1. The maximum atomic E-state index is 12.5. The van der Waals surface area contributed by atoms with Crippen LogP contribution in [0.1, 0.15) is 34.3 Å². The van der Waals surface area contributed by atoms with E-state index in [-0.39, 0.29) is 18.9 Å². The van der Waals surface area contributed by atoms with Crippen molar-refractivity contribution in [2.75, 3.05) is 18.1 Å². The van der Waals surface area contributed by atoms with Crippen molar-refractivity contribution in [3.8, 4) is 28.1 Å². The number of nitrogens with one attached hydrogen (secondary N) is 1. The van der Waals surface area contributed by atoms with Crippen LogP contribution in [0.4, 0.5) is 10.8 Å². The Hall–Kier alpha value is -4.95.